The van der Waals surface area contributed by atoms with E-state index in [9.17, 15) is 14.0 Å². The van der Waals surface area contributed by atoms with Crippen molar-refractivity contribution >= 4 is 23.3 Å². The Bertz CT molecular complexity index is 529. The Hall–Kier alpha value is -2.31. The molecule has 0 unspecified atom stereocenters. The molecule has 0 aliphatic heterocycles. The van der Waals surface area contributed by atoms with Gasteiger partial charge in [0.2, 0.25) is 5.91 Å². The fraction of sp³-hybridized carbons (Fsp3) is 0.333. The van der Waals surface area contributed by atoms with E-state index in [0.29, 0.717) is 0 Å². The summed E-state index contributed by atoms with van der Waals surface area (Å²) in [7, 11) is 0. The van der Waals surface area contributed by atoms with Crippen molar-refractivity contribution in [1.29, 1.82) is 0 Å². The number of nitrogen functional groups attached to an aromatic ring is 1. The van der Waals surface area contributed by atoms with Gasteiger partial charge in [0, 0.05) is 6.04 Å². The first-order chi connectivity index (χ1) is 8.97. The van der Waals surface area contributed by atoms with Crippen molar-refractivity contribution in [1.82, 2.24) is 5.32 Å². The van der Waals surface area contributed by atoms with Crippen molar-refractivity contribution in [2.75, 3.05) is 17.6 Å². The molecule has 1 amide bonds. The van der Waals surface area contributed by atoms with Crippen LogP contribution in [0.4, 0.5) is 15.8 Å². The average Bonchev–Trinajstić information content (AvgIpc) is 3.13. The maximum Gasteiger partial charge on any atom is 0.338 e. The van der Waals surface area contributed by atoms with Crippen molar-refractivity contribution in [2.45, 2.75) is 18.9 Å². The lowest BCUT2D eigenvalue weighted by atomic mass is 10.1. The summed E-state index contributed by atoms with van der Waals surface area (Å²) in [6, 6.07) is 2.25. The first-order valence-electron chi connectivity index (χ1n) is 5.83. The van der Waals surface area contributed by atoms with Crippen LogP contribution in [0, 0.1) is 5.82 Å². The Morgan fingerprint density at radius 3 is 2.68 bits per heavy atom. The average molecular weight is 267 g/mol. The smallest absolute Gasteiger partial charge is 0.338 e. The molecule has 0 spiro atoms. The molecular formula is C12H14FN3O3. The van der Waals surface area contributed by atoms with Gasteiger partial charge < -0.3 is 21.5 Å². The number of benzene rings is 1. The van der Waals surface area contributed by atoms with Crippen LogP contribution < -0.4 is 16.4 Å². The monoisotopic (exact) mass is 267 g/mol. The standard InChI is InChI=1S/C12H14FN3O3/c13-8-4-10(9(14)3-7(8)12(18)19)15-5-11(17)16-6-1-2-6/h3-4,6,15H,1-2,5,14H2,(H,16,17)(H,18,19). The van der Waals surface area contributed by atoms with E-state index in [-0.39, 0.29) is 29.9 Å². The number of carboxylic acid groups (broad SMARTS) is 1. The van der Waals surface area contributed by atoms with Crippen LogP contribution in [-0.4, -0.2) is 29.6 Å². The fourth-order valence-corrected chi connectivity index (χ4v) is 1.59. The van der Waals surface area contributed by atoms with Gasteiger partial charge >= 0.3 is 5.97 Å². The van der Waals surface area contributed by atoms with E-state index in [1.807, 2.05) is 0 Å². The summed E-state index contributed by atoms with van der Waals surface area (Å²) in [5, 5.41) is 14.2. The molecule has 0 aromatic heterocycles. The highest BCUT2D eigenvalue weighted by atomic mass is 19.1. The lowest BCUT2D eigenvalue weighted by Gasteiger charge is -2.10. The fourth-order valence-electron chi connectivity index (χ4n) is 1.59. The van der Waals surface area contributed by atoms with Crippen molar-refractivity contribution in [3.8, 4) is 0 Å². The molecule has 1 aliphatic rings. The van der Waals surface area contributed by atoms with Crippen LogP contribution in [0.25, 0.3) is 0 Å². The third-order valence-corrected chi connectivity index (χ3v) is 2.75. The van der Waals surface area contributed by atoms with Crippen LogP contribution in [0.3, 0.4) is 0 Å². The molecule has 1 aromatic rings. The molecular weight excluding hydrogens is 253 g/mol. The zero-order chi connectivity index (χ0) is 14.0. The normalized spacial score (nSPS) is 13.9. The highest BCUT2D eigenvalue weighted by Crippen LogP contribution is 2.23. The number of rotatable bonds is 5. The Kier molecular flexibility index (Phi) is 3.55. The van der Waals surface area contributed by atoms with E-state index >= 15 is 0 Å². The molecule has 1 aliphatic carbocycles. The number of aromatic carboxylic acids is 1. The molecule has 0 saturated heterocycles. The van der Waals surface area contributed by atoms with Gasteiger partial charge in [0.25, 0.3) is 0 Å². The van der Waals surface area contributed by atoms with Gasteiger partial charge in [0.1, 0.15) is 5.82 Å². The Morgan fingerprint density at radius 2 is 2.11 bits per heavy atom. The zero-order valence-corrected chi connectivity index (χ0v) is 10.1. The molecule has 0 bridgehead atoms. The second-order valence-corrected chi connectivity index (χ2v) is 4.42. The number of nitrogens with two attached hydrogens (primary N) is 1. The van der Waals surface area contributed by atoms with E-state index in [2.05, 4.69) is 10.6 Å². The van der Waals surface area contributed by atoms with Crippen molar-refractivity contribution in [3.05, 3.63) is 23.5 Å². The SMILES string of the molecule is Nc1cc(C(=O)O)c(F)cc1NCC(=O)NC1CC1. The molecule has 1 aromatic carbocycles. The third-order valence-electron chi connectivity index (χ3n) is 2.75. The minimum absolute atomic E-state index is 0.0352. The number of carboxylic acids is 1. The van der Waals surface area contributed by atoms with Gasteiger partial charge in [-0.2, -0.15) is 0 Å². The van der Waals surface area contributed by atoms with Crippen molar-refractivity contribution in [2.24, 2.45) is 0 Å². The summed E-state index contributed by atoms with van der Waals surface area (Å²) in [6.07, 6.45) is 1.96. The molecule has 0 heterocycles. The van der Waals surface area contributed by atoms with Gasteiger partial charge in [-0.1, -0.05) is 0 Å². The van der Waals surface area contributed by atoms with Gasteiger partial charge in [0.15, 0.2) is 0 Å². The van der Waals surface area contributed by atoms with Gasteiger partial charge in [-0.25, -0.2) is 9.18 Å². The molecule has 19 heavy (non-hydrogen) atoms. The lowest BCUT2D eigenvalue weighted by Crippen LogP contribution is -2.31. The maximum absolute atomic E-state index is 13.4. The van der Waals surface area contributed by atoms with Crippen LogP contribution in [0.5, 0.6) is 0 Å². The Labute approximate surface area is 108 Å². The van der Waals surface area contributed by atoms with Gasteiger partial charge in [0.05, 0.1) is 23.5 Å². The highest BCUT2D eigenvalue weighted by Gasteiger charge is 2.23. The van der Waals surface area contributed by atoms with Crippen molar-refractivity contribution < 1.29 is 19.1 Å². The Morgan fingerprint density at radius 1 is 1.42 bits per heavy atom. The number of anilines is 2. The highest BCUT2D eigenvalue weighted by molar-refractivity contribution is 5.91. The van der Waals surface area contributed by atoms with Crippen molar-refractivity contribution in [3.63, 3.8) is 0 Å². The largest absolute Gasteiger partial charge is 0.478 e. The number of hydrogen-bond acceptors (Lipinski definition) is 4. The minimum Gasteiger partial charge on any atom is -0.478 e. The summed E-state index contributed by atoms with van der Waals surface area (Å²) in [4.78, 5) is 22.1. The molecule has 0 atom stereocenters. The van der Waals surface area contributed by atoms with Crippen LogP contribution in [0.1, 0.15) is 23.2 Å². The summed E-state index contributed by atoms with van der Waals surface area (Å²) >= 11 is 0. The topological polar surface area (TPSA) is 104 Å². The minimum atomic E-state index is -1.39. The van der Waals surface area contributed by atoms with E-state index in [4.69, 9.17) is 10.8 Å². The van der Waals surface area contributed by atoms with E-state index in [0.717, 1.165) is 25.0 Å². The first kappa shape index (κ1) is 13.1. The van der Waals surface area contributed by atoms with E-state index < -0.39 is 17.3 Å². The summed E-state index contributed by atoms with van der Waals surface area (Å²) in [5.41, 5.74) is 5.39. The molecule has 7 heteroatoms. The van der Waals surface area contributed by atoms with Gasteiger partial charge in [-0.15, -0.1) is 0 Å². The molecule has 6 nitrogen and oxygen atoms in total. The van der Waals surface area contributed by atoms with E-state index in [1.165, 1.54) is 0 Å². The quantitative estimate of drug-likeness (QED) is 0.591. The number of carbonyl (C=O) groups excluding carboxylic acids is 1. The van der Waals surface area contributed by atoms with Gasteiger partial charge in [-0.05, 0) is 25.0 Å². The van der Waals surface area contributed by atoms with Crippen LogP contribution in [-0.2, 0) is 4.79 Å². The lowest BCUT2D eigenvalue weighted by molar-refractivity contribution is -0.119. The molecule has 1 saturated carbocycles. The molecule has 102 valence electrons. The van der Waals surface area contributed by atoms with Crippen LogP contribution in [0.2, 0.25) is 0 Å². The Balaban J connectivity index is 2.01. The zero-order valence-electron chi connectivity index (χ0n) is 10.1. The maximum atomic E-state index is 13.4. The predicted molar refractivity (Wildman–Crippen MR) is 67.4 cm³/mol. The number of amides is 1. The van der Waals surface area contributed by atoms with Crippen LogP contribution >= 0.6 is 0 Å². The second-order valence-electron chi connectivity index (χ2n) is 4.42. The summed E-state index contributed by atoms with van der Waals surface area (Å²) in [5.74, 6) is -2.49. The first-order valence-corrected chi connectivity index (χ1v) is 5.83. The van der Waals surface area contributed by atoms with E-state index in [1.54, 1.807) is 0 Å². The molecule has 5 N–H and O–H groups in total. The second kappa shape index (κ2) is 5.13. The summed E-state index contributed by atoms with van der Waals surface area (Å²) < 4.78 is 13.4. The van der Waals surface area contributed by atoms with Crippen LogP contribution in [0.15, 0.2) is 12.1 Å². The third kappa shape index (κ3) is 3.34. The number of nitrogens with one attached hydrogen (secondary N) is 2. The predicted octanol–water partition coefficient (Wildman–Crippen LogP) is 0.797. The summed E-state index contributed by atoms with van der Waals surface area (Å²) in [6.45, 7) is -0.0352. The number of carbonyl (C=O) groups is 2. The number of hydrogen-bond donors (Lipinski definition) is 4. The van der Waals surface area contributed by atoms with Gasteiger partial charge in [-0.3, -0.25) is 4.79 Å². The molecule has 0 radical (unpaired) electrons. The molecule has 1 fully saturated rings. The number of halogens is 1. The molecule has 2 rings (SSSR count).